The first-order chi connectivity index (χ1) is 13.7. The number of thiophene rings is 1. The summed E-state index contributed by atoms with van der Waals surface area (Å²) in [7, 11) is 0. The summed E-state index contributed by atoms with van der Waals surface area (Å²) < 4.78 is 0. The first-order valence-electron chi connectivity index (χ1n) is 8.78. The molecule has 0 bridgehead atoms. The molecule has 3 aromatic rings. The monoisotopic (exact) mass is 414 g/mol. The van der Waals surface area contributed by atoms with Gasteiger partial charge in [0, 0.05) is 44.0 Å². The number of carbonyl (C=O) groups excluding carboxylic acids is 2. The molecule has 1 aliphatic heterocycles. The Kier molecular flexibility index (Phi) is 5.58. The van der Waals surface area contributed by atoms with Crippen molar-refractivity contribution in [2.45, 2.75) is 6.42 Å². The van der Waals surface area contributed by atoms with E-state index >= 15 is 0 Å². The zero-order chi connectivity index (χ0) is 19.3. The van der Waals surface area contributed by atoms with Gasteiger partial charge in [-0.3, -0.25) is 14.9 Å². The molecule has 1 fully saturated rings. The number of amides is 2. The first-order valence-corrected chi connectivity index (χ1v) is 10.5. The number of thiazole rings is 1. The minimum Gasteiger partial charge on any atom is -0.339 e. The van der Waals surface area contributed by atoms with Gasteiger partial charge in [0.15, 0.2) is 5.13 Å². The Labute approximate surface area is 169 Å². The van der Waals surface area contributed by atoms with Crippen LogP contribution in [-0.2, 0) is 11.2 Å². The standard InChI is InChI=1S/C18H18N6O2S2/c25-15(23-6-8-24(9-7-23)17-19-4-2-5-20-17)11-13-12-28-18(21-13)22-16(26)14-3-1-10-27-14/h1-5,10,12H,6-9,11H2,(H,21,22,26). The van der Waals surface area contributed by atoms with Crippen molar-refractivity contribution in [3.05, 3.63) is 51.9 Å². The SMILES string of the molecule is O=C(Nc1nc(CC(=O)N2CCN(c3ncccn3)CC2)cs1)c1cccs1. The van der Waals surface area contributed by atoms with Crippen molar-refractivity contribution in [3.63, 3.8) is 0 Å². The Morgan fingerprint density at radius 2 is 1.86 bits per heavy atom. The number of nitrogens with zero attached hydrogens (tertiary/aromatic N) is 5. The molecule has 1 saturated heterocycles. The van der Waals surface area contributed by atoms with Crippen LogP contribution in [0.3, 0.4) is 0 Å². The van der Waals surface area contributed by atoms with Gasteiger partial charge in [-0.2, -0.15) is 0 Å². The maximum atomic E-state index is 12.6. The predicted molar refractivity (Wildman–Crippen MR) is 109 cm³/mol. The van der Waals surface area contributed by atoms with Crippen LogP contribution in [0.2, 0.25) is 0 Å². The summed E-state index contributed by atoms with van der Waals surface area (Å²) >= 11 is 2.70. The lowest BCUT2D eigenvalue weighted by molar-refractivity contribution is -0.130. The molecule has 8 nitrogen and oxygen atoms in total. The smallest absolute Gasteiger partial charge is 0.267 e. The second-order valence-electron chi connectivity index (χ2n) is 6.17. The number of piperazine rings is 1. The van der Waals surface area contributed by atoms with Crippen LogP contribution in [0.4, 0.5) is 11.1 Å². The van der Waals surface area contributed by atoms with Gasteiger partial charge < -0.3 is 9.80 Å². The highest BCUT2D eigenvalue weighted by molar-refractivity contribution is 7.14. The number of anilines is 2. The van der Waals surface area contributed by atoms with Crippen LogP contribution in [0.5, 0.6) is 0 Å². The fraction of sp³-hybridized carbons (Fsp3) is 0.278. The van der Waals surface area contributed by atoms with Crippen LogP contribution < -0.4 is 10.2 Å². The van der Waals surface area contributed by atoms with E-state index in [0.29, 0.717) is 47.8 Å². The molecule has 144 valence electrons. The van der Waals surface area contributed by atoms with Gasteiger partial charge in [-0.25, -0.2) is 15.0 Å². The van der Waals surface area contributed by atoms with E-state index in [1.54, 1.807) is 24.5 Å². The first kappa shape index (κ1) is 18.5. The Morgan fingerprint density at radius 3 is 2.57 bits per heavy atom. The molecule has 0 aromatic carbocycles. The topological polar surface area (TPSA) is 91.3 Å². The highest BCUT2D eigenvalue weighted by Crippen LogP contribution is 2.19. The quantitative estimate of drug-likeness (QED) is 0.688. The molecule has 1 aliphatic rings. The lowest BCUT2D eigenvalue weighted by atomic mass is 10.2. The van der Waals surface area contributed by atoms with Crippen LogP contribution in [0.25, 0.3) is 0 Å². The molecule has 1 N–H and O–H groups in total. The Bertz CT molecular complexity index is 936. The average Bonchev–Trinajstić information content (AvgIpc) is 3.41. The Balaban J connectivity index is 1.29. The van der Waals surface area contributed by atoms with Gasteiger partial charge in [0.1, 0.15) is 0 Å². The van der Waals surface area contributed by atoms with E-state index in [0.717, 1.165) is 0 Å². The van der Waals surface area contributed by atoms with Crippen molar-refractivity contribution < 1.29 is 9.59 Å². The van der Waals surface area contributed by atoms with Gasteiger partial charge in [-0.15, -0.1) is 22.7 Å². The summed E-state index contributed by atoms with van der Waals surface area (Å²) in [5.41, 5.74) is 0.672. The second-order valence-corrected chi connectivity index (χ2v) is 7.97. The van der Waals surface area contributed by atoms with Crippen LogP contribution in [-0.4, -0.2) is 57.8 Å². The molecule has 0 atom stereocenters. The van der Waals surface area contributed by atoms with E-state index in [9.17, 15) is 9.59 Å². The molecule has 4 rings (SSSR count). The van der Waals surface area contributed by atoms with Crippen molar-refractivity contribution in [1.82, 2.24) is 19.9 Å². The molecular weight excluding hydrogens is 396 g/mol. The maximum absolute atomic E-state index is 12.6. The Morgan fingerprint density at radius 1 is 1.07 bits per heavy atom. The summed E-state index contributed by atoms with van der Waals surface area (Å²) in [4.78, 5) is 42.1. The summed E-state index contributed by atoms with van der Waals surface area (Å²) in [5, 5.41) is 6.95. The third-order valence-electron chi connectivity index (χ3n) is 4.32. The highest BCUT2D eigenvalue weighted by Gasteiger charge is 2.23. The van der Waals surface area contributed by atoms with Gasteiger partial charge >= 0.3 is 0 Å². The van der Waals surface area contributed by atoms with Crippen molar-refractivity contribution >= 4 is 45.6 Å². The number of carbonyl (C=O) groups is 2. The number of aromatic nitrogens is 3. The minimum atomic E-state index is -0.179. The van der Waals surface area contributed by atoms with Crippen LogP contribution >= 0.6 is 22.7 Å². The lowest BCUT2D eigenvalue weighted by Crippen LogP contribution is -2.49. The number of nitrogens with one attached hydrogen (secondary N) is 1. The van der Waals surface area contributed by atoms with Gasteiger partial charge in [0.25, 0.3) is 5.91 Å². The van der Waals surface area contributed by atoms with Gasteiger partial charge in [0.2, 0.25) is 11.9 Å². The molecule has 0 aliphatic carbocycles. The van der Waals surface area contributed by atoms with E-state index in [1.807, 2.05) is 21.7 Å². The zero-order valence-corrected chi connectivity index (χ0v) is 16.6. The number of rotatable bonds is 5. The predicted octanol–water partition coefficient (Wildman–Crippen LogP) is 2.14. The van der Waals surface area contributed by atoms with E-state index in [4.69, 9.17) is 0 Å². The summed E-state index contributed by atoms with van der Waals surface area (Å²) in [6, 6.07) is 5.38. The van der Waals surface area contributed by atoms with Crippen LogP contribution in [0, 0.1) is 0 Å². The molecule has 0 saturated carbocycles. The Hall–Kier alpha value is -2.85. The van der Waals surface area contributed by atoms with Gasteiger partial charge in [0.05, 0.1) is 17.0 Å². The fourth-order valence-corrected chi connectivity index (χ4v) is 4.21. The maximum Gasteiger partial charge on any atom is 0.267 e. The van der Waals surface area contributed by atoms with Crippen molar-refractivity contribution in [3.8, 4) is 0 Å². The minimum absolute atomic E-state index is 0.0371. The largest absolute Gasteiger partial charge is 0.339 e. The van der Waals surface area contributed by atoms with Crippen molar-refractivity contribution in [2.75, 3.05) is 36.4 Å². The van der Waals surface area contributed by atoms with Gasteiger partial charge in [-0.1, -0.05) is 6.07 Å². The summed E-state index contributed by atoms with van der Waals surface area (Å²) in [5.74, 6) is 0.553. The normalized spacial score (nSPS) is 14.1. The highest BCUT2D eigenvalue weighted by atomic mass is 32.1. The van der Waals surface area contributed by atoms with Crippen molar-refractivity contribution in [2.24, 2.45) is 0 Å². The lowest BCUT2D eigenvalue weighted by Gasteiger charge is -2.34. The number of hydrogen-bond acceptors (Lipinski definition) is 8. The molecule has 2 amide bonds. The third kappa shape index (κ3) is 4.34. The molecular formula is C18H18N6O2S2. The number of hydrogen-bond donors (Lipinski definition) is 1. The van der Waals surface area contributed by atoms with Crippen molar-refractivity contribution in [1.29, 1.82) is 0 Å². The van der Waals surface area contributed by atoms with Crippen LogP contribution in [0.1, 0.15) is 15.4 Å². The van der Waals surface area contributed by atoms with E-state index in [2.05, 4.69) is 25.2 Å². The molecule has 0 radical (unpaired) electrons. The summed E-state index contributed by atoms with van der Waals surface area (Å²) in [6.07, 6.45) is 3.67. The average molecular weight is 415 g/mol. The fourth-order valence-electron chi connectivity index (χ4n) is 2.89. The second kappa shape index (κ2) is 8.44. The van der Waals surface area contributed by atoms with Gasteiger partial charge in [-0.05, 0) is 17.5 Å². The third-order valence-corrected chi connectivity index (χ3v) is 5.99. The summed E-state index contributed by atoms with van der Waals surface area (Å²) in [6.45, 7) is 2.66. The molecule has 0 spiro atoms. The molecule has 10 heteroatoms. The van der Waals surface area contributed by atoms with E-state index in [1.165, 1.54) is 22.7 Å². The molecule has 28 heavy (non-hydrogen) atoms. The van der Waals surface area contributed by atoms with E-state index < -0.39 is 0 Å². The molecule has 3 aromatic heterocycles. The zero-order valence-electron chi connectivity index (χ0n) is 14.9. The molecule has 0 unspecified atom stereocenters. The molecule has 4 heterocycles. The van der Waals surface area contributed by atoms with Crippen LogP contribution in [0.15, 0.2) is 41.4 Å². The van der Waals surface area contributed by atoms with E-state index in [-0.39, 0.29) is 18.2 Å².